The Hall–Kier alpha value is -2.21. The molecule has 1 aliphatic heterocycles. The third-order valence-corrected chi connectivity index (χ3v) is 7.06. The Morgan fingerprint density at radius 3 is 2.44 bits per heavy atom. The van der Waals surface area contributed by atoms with Gasteiger partial charge in [0, 0.05) is 43.0 Å². The maximum atomic E-state index is 12.8. The van der Waals surface area contributed by atoms with Crippen LogP contribution in [0.1, 0.15) is 54.1 Å². The fourth-order valence-corrected chi connectivity index (χ4v) is 5.11. The molecule has 1 aliphatic carbocycles. The average Bonchev–Trinajstić information content (AvgIpc) is 2.81. The van der Waals surface area contributed by atoms with E-state index in [0.717, 1.165) is 56.6 Å². The summed E-state index contributed by atoms with van der Waals surface area (Å²) >= 11 is 0. The molecule has 8 heteroatoms. The minimum absolute atomic E-state index is 0.164. The van der Waals surface area contributed by atoms with Gasteiger partial charge < -0.3 is 14.7 Å². The average molecular weight is 478 g/mol. The molecule has 1 heterocycles. The highest BCUT2D eigenvalue weighted by Gasteiger charge is 2.29. The molecule has 6 nitrogen and oxygen atoms in total. The van der Waals surface area contributed by atoms with Crippen molar-refractivity contribution in [3.8, 4) is 11.8 Å². The van der Waals surface area contributed by atoms with Crippen LogP contribution in [0.2, 0.25) is 0 Å². The standard InChI is InChI=1S/C26H37F2N3O3/c1-4-31(22-9-7-21(8-10-22)29(3)18-25(27)28)24-17-20(16-23(19(24)2)26(32)33)6-5-11-30-12-14-34-15-13-30/h16-17,21-22,25H,4,7-15,18H2,1-3H3,(H,32,33). The maximum absolute atomic E-state index is 12.8. The Morgan fingerprint density at radius 2 is 1.85 bits per heavy atom. The summed E-state index contributed by atoms with van der Waals surface area (Å²) in [5.41, 5.74) is 2.62. The number of ether oxygens (including phenoxy) is 1. The van der Waals surface area contributed by atoms with Gasteiger partial charge in [0.05, 0.1) is 31.9 Å². The van der Waals surface area contributed by atoms with Crippen molar-refractivity contribution in [2.75, 3.05) is 57.9 Å². The van der Waals surface area contributed by atoms with E-state index in [9.17, 15) is 18.7 Å². The first kappa shape index (κ1) is 26.4. The van der Waals surface area contributed by atoms with Gasteiger partial charge in [-0.1, -0.05) is 11.8 Å². The molecule has 1 saturated heterocycles. The van der Waals surface area contributed by atoms with E-state index < -0.39 is 12.4 Å². The molecule has 34 heavy (non-hydrogen) atoms. The number of benzene rings is 1. The minimum atomic E-state index is -2.32. The highest BCUT2D eigenvalue weighted by Crippen LogP contribution is 2.33. The summed E-state index contributed by atoms with van der Waals surface area (Å²) < 4.78 is 30.9. The Morgan fingerprint density at radius 1 is 1.21 bits per heavy atom. The lowest BCUT2D eigenvalue weighted by Crippen LogP contribution is -2.44. The SMILES string of the molecule is CCN(c1cc(C#CCN2CCOCC2)cc(C(=O)O)c1C)C1CCC(N(C)CC(F)F)CC1. The molecule has 2 aliphatic rings. The summed E-state index contributed by atoms with van der Waals surface area (Å²) in [7, 11) is 1.77. The van der Waals surface area contributed by atoms with E-state index in [1.165, 1.54) is 0 Å². The number of aromatic carboxylic acids is 1. The van der Waals surface area contributed by atoms with E-state index in [1.807, 2.05) is 13.0 Å². The number of carboxylic acid groups (broad SMARTS) is 1. The van der Waals surface area contributed by atoms with Crippen molar-refractivity contribution in [1.82, 2.24) is 9.80 Å². The van der Waals surface area contributed by atoms with Gasteiger partial charge in [-0.2, -0.15) is 0 Å². The van der Waals surface area contributed by atoms with Crippen molar-refractivity contribution in [2.24, 2.45) is 0 Å². The number of halogens is 2. The summed E-state index contributed by atoms with van der Waals surface area (Å²) in [6.45, 7) is 8.24. The van der Waals surface area contributed by atoms with Crippen molar-refractivity contribution in [3.05, 3.63) is 28.8 Å². The van der Waals surface area contributed by atoms with Crippen LogP contribution in [0.25, 0.3) is 0 Å². The molecule has 0 unspecified atom stereocenters. The Bertz CT molecular complexity index is 885. The number of alkyl halides is 2. The van der Waals surface area contributed by atoms with Crippen LogP contribution >= 0.6 is 0 Å². The van der Waals surface area contributed by atoms with Crippen LogP contribution < -0.4 is 4.90 Å². The van der Waals surface area contributed by atoms with Crippen LogP contribution in [0.3, 0.4) is 0 Å². The fraction of sp³-hybridized carbons (Fsp3) is 0.654. The van der Waals surface area contributed by atoms with Crippen LogP contribution in [0.4, 0.5) is 14.5 Å². The highest BCUT2D eigenvalue weighted by molar-refractivity contribution is 5.92. The lowest BCUT2D eigenvalue weighted by atomic mass is 9.88. The molecule has 0 spiro atoms. The summed E-state index contributed by atoms with van der Waals surface area (Å²) in [5, 5.41) is 9.82. The second-order valence-corrected chi connectivity index (χ2v) is 9.24. The molecular weight excluding hydrogens is 440 g/mol. The van der Waals surface area contributed by atoms with E-state index in [4.69, 9.17) is 4.74 Å². The van der Waals surface area contributed by atoms with E-state index >= 15 is 0 Å². The zero-order chi connectivity index (χ0) is 24.7. The highest BCUT2D eigenvalue weighted by atomic mass is 19.3. The second kappa shape index (κ2) is 12.5. The predicted octanol–water partition coefficient (Wildman–Crippen LogP) is 3.71. The first-order valence-electron chi connectivity index (χ1n) is 12.2. The molecule has 2 fully saturated rings. The lowest BCUT2D eigenvalue weighted by molar-refractivity contribution is 0.0443. The summed E-state index contributed by atoms with van der Waals surface area (Å²) in [4.78, 5) is 18.3. The Labute approximate surface area is 201 Å². The zero-order valence-electron chi connectivity index (χ0n) is 20.5. The van der Waals surface area contributed by atoms with Gasteiger partial charge in [-0.05, 0) is 64.3 Å². The molecule has 1 saturated carbocycles. The smallest absolute Gasteiger partial charge is 0.336 e. The summed E-state index contributed by atoms with van der Waals surface area (Å²) in [5.74, 6) is 5.42. The van der Waals surface area contributed by atoms with Crippen LogP contribution in [0.5, 0.6) is 0 Å². The molecule has 0 amide bonds. The number of hydrogen-bond donors (Lipinski definition) is 1. The maximum Gasteiger partial charge on any atom is 0.336 e. The zero-order valence-corrected chi connectivity index (χ0v) is 20.5. The molecule has 188 valence electrons. The van der Waals surface area contributed by atoms with Crippen LogP contribution in [0.15, 0.2) is 12.1 Å². The monoisotopic (exact) mass is 477 g/mol. The van der Waals surface area contributed by atoms with Gasteiger partial charge >= 0.3 is 5.97 Å². The molecule has 1 aromatic rings. The van der Waals surface area contributed by atoms with Gasteiger partial charge in [0.1, 0.15) is 0 Å². The third kappa shape index (κ3) is 6.91. The topological polar surface area (TPSA) is 56.3 Å². The van der Waals surface area contributed by atoms with Gasteiger partial charge in [-0.25, -0.2) is 13.6 Å². The van der Waals surface area contributed by atoms with Crippen LogP contribution in [-0.4, -0.2) is 92.4 Å². The Kier molecular flexibility index (Phi) is 9.69. The first-order valence-corrected chi connectivity index (χ1v) is 12.2. The van der Waals surface area contributed by atoms with Crippen molar-refractivity contribution in [3.63, 3.8) is 0 Å². The van der Waals surface area contributed by atoms with Crippen molar-refractivity contribution in [1.29, 1.82) is 0 Å². The number of anilines is 1. The largest absolute Gasteiger partial charge is 0.478 e. The third-order valence-electron chi connectivity index (χ3n) is 7.06. The predicted molar refractivity (Wildman–Crippen MR) is 130 cm³/mol. The fourth-order valence-electron chi connectivity index (χ4n) is 5.11. The summed E-state index contributed by atoms with van der Waals surface area (Å²) in [6, 6.07) is 4.08. The molecule has 0 radical (unpaired) electrons. The van der Waals surface area contributed by atoms with E-state index in [0.29, 0.717) is 25.3 Å². The molecule has 0 aromatic heterocycles. The molecule has 1 aromatic carbocycles. The van der Waals surface area contributed by atoms with Crippen LogP contribution in [-0.2, 0) is 4.74 Å². The van der Waals surface area contributed by atoms with Gasteiger partial charge in [0.25, 0.3) is 6.43 Å². The lowest BCUT2D eigenvalue weighted by Gasteiger charge is -2.41. The van der Waals surface area contributed by atoms with E-state index in [2.05, 4.69) is 28.6 Å². The van der Waals surface area contributed by atoms with Crippen molar-refractivity contribution >= 4 is 11.7 Å². The number of carbonyl (C=O) groups is 1. The van der Waals surface area contributed by atoms with Gasteiger partial charge in [0.15, 0.2) is 0 Å². The van der Waals surface area contributed by atoms with Gasteiger partial charge in [-0.15, -0.1) is 0 Å². The normalized spacial score (nSPS) is 21.4. The molecule has 3 rings (SSSR count). The van der Waals surface area contributed by atoms with Gasteiger partial charge in [0.2, 0.25) is 0 Å². The molecule has 1 N–H and O–H groups in total. The van der Waals surface area contributed by atoms with Crippen LogP contribution in [0, 0.1) is 18.8 Å². The van der Waals surface area contributed by atoms with Crippen molar-refractivity contribution in [2.45, 2.75) is 58.0 Å². The van der Waals surface area contributed by atoms with Gasteiger partial charge in [-0.3, -0.25) is 9.80 Å². The molecular formula is C26H37F2N3O3. The minimum Gasteiger partial charge on any atom is -0.478 e. The first-order chi connectivity index (χ1) is 16.3. The van der Waals surface area contributed by atoms with E-state index in [-0.39, 0.29) is 24.2 Å². The van der Waals surface area contributed by atoms with Crippen molar-refractivity contribution < 1.29 is 23.4 Å². The quantitative estimate of drug-likeness (QED) is 0.576. The molecule has 0 bridgehead atoms. The Balaban J connectivity index is 1.77. The second-order valence-electron chi connectivity index (χ2n) is 9.24. The number of hydrogen-bond acceptors (Lipinski definition) is 5. The summed E-state index contributed by atoms with van der Waals surface area (Å²) in [6.07, 6.45) is 1.17. The number of nitrogens with zero attached hydrogens (tertiary/aromatic N) is 3. The number of rotatable bonds is 8. The van der Waals surface area contributed by atoms with E-state index in [1.54, 1.807) is 18.0 Å². The number of carboxylic acids is 1. The number of morpholine rings is 1. The molecule has 0 atom stereocenters.